The first kappa shape index (κ1) is 8.30. The molecule has 4 heteroatoms. The highest BCUT2D eigenvalue weighted by Crippen LogP contribution is 2.18. The van der Waals surface area contributed by atoms with E-state index in [2.05, 4.69) is 10.6 Å². The van der Waals surface area contributed by atoms with Crippen LogP contribution in [0.15, 0.2) is 0 Å². The Balaban J connectivity index is 2.08. The number of carbonyl (C=O) groups is 1. The average Bonchev–Trinajstić information content (AvgIpc) is 2.71. The summed E-state index contributed by atoms with van der Waals surface area (Å²) in [4.78, 5) is 10.9. The van der Waals surface area contributed by atoms with Gasteiger partial charge in [-0.25, -0.2) is 9.18 Å². The molecule has 0 bridgehead atoms. The van der Waals surface area contributed by atoms with E-state index in [0.29, 0.717) is 6.04 Å². The lowest BCUT2D eigenvalue weighted by Crippen LogP contribution is -2.42. The lowest BCUT2D eigenvalue weighted by molar-refractivity contribution is 0.234. The number of hydrogen-bond donors (Lipinski definition) is 2. The molecule has 2 amide bonds. The molecule has 1 saturated carbocycles. The molecule has 2 N–H and O–H groups in total. The second kappa shape index (κ2) is 3.55. The van der Waals surface area contributed by atoms with Gasteiger partial charge in [0.15, 0.2) is 0 Å². The van der Waals surface area contributed by atoms with Crippen LogP contribution in [-0.2, 0) is 0 Å². The van der Waals surface area contributed by atoms with Gasteiger partial charge >= 0.3 is 6.03 Å². The van der Waals surface area contributed by atoms with Gasteiger partial charge in [-0.2, -0.15) is 0 Å². The molecular weight excluding hydrogens is 147 g/mol. The summed E-state index contributed by atoms with van der Waals surface area (Å²) < 4.78 is 11.9. The number of amides is 2. The highest BCUT2D eigenvalue weighted by Gasteiger charge is 2.23. The Morgan fingerprint density at radius 3 is 2.82 bits per heavy atom. The topological polar surface area (TPSA) is 41.1 Å². The summed E-state index contributed by atoms with van der Waals surface area (Å²) in [6.45, 7) is 1.12. The normalized spacial score (nSPS) is 19.1. The van der Waals surface area contributed by atoms with Crippen LogP contribution in [0.25, 0.3) is 0 Å². The van der Waals surface area contributed by atoms with E-state index in [1.165, 1.54) is 0 Å². The van der Waals surface area contributed by atoms with Crippen LogP contribution in [0.3, 0.4) is 0 Å². The third kappa shape index (κ3) is 3.20. The highest BCUT2D eigenvalue weighted by atomic mass is 19.1. The molecule has 0 aliphatic heterocycles. The van der Waals surface area contributed by atoms with Gasteiger partial charge in [-0.3, -0.25) is 0 Å². The smallest absolute Gasteiger partial charge is 0.315 e. The summed E-state index contributed by atoms with van der Waals surface area (Å²) in [5.41, 5.74) is 0. The zero-order valence-electron chi connectivity index (χ0n) is 6.56. The third-order valence-corrected chi connectivity index (χ3v) is 1.52. The average molecular weight is 160 g/mol. The molecule has 1 atom stereocenters. The van der Waals surface area contributed by atoms with Crippen molar-refractivity contribution in [1.29, 1.82) is 0 Å². The minimum absolute atomic E-state index is 0.252. The molecule has 0 radical (unpaired) electrons. The van der Waals surface area contributed by atoms with Crippen molar-refractivity contribution >= 4 is 6.03 Å². The molecule has 0 aromatic heterocycles. The molecule has 1 aliphatic carbocycles. The molecule has 11 heavy (non-hydrogen) atoms. The van der Waals surface area contributed by atoms with E-state index < -0.39 is 6.67 Å². The van der Waals surface area contributed by atoms with Gasteiger partial charge < -0.3 is 10.6 Å². The first-order valence-corrected chi connectivity index (χ1v) is 3.85. The molecule has 0 heterocycles. The van der Waals surface area contributed by atoms with Crippen molar-refractivity contribution in [2.24, 2.45) is 0 Å². The summed E-state index contributed by atoms with van der Waals surface area (Å²) in [6, 6.07) is -0.298. The monoisotopic (exact) mass is 160 g/mol. The van der Waals surface area contributed by atoms with Crippen molar-refractivity contribution in [2.75, 3.05) is 6.67 Å². The van der Waals surface area contributed by atoms with Crippen LogP contribution in [0.4, 0.5) is 9.18 Å². The van der Waals surface area contributed by atoms with E-state index in [4.69, 9.17) is 0 Å². The molecule has 0 aromatic carbocycles. The van der Waals surface area contributed by atoms with Gasteiger partial charge in [-0.15, -0.1) is 0 Å². The predicted molar refractivity (Wildman–Crippen MR) is 40.1 cm³/mol. The van der Waals surface area contributed by atoms with Crippen LogP contribution in [0.5, 0.6) is 0 Å². The number of hydrogen-bond acceptors (Lipinski definition) is 1. The SMILES string of the molecule is C[C@@H](CF)NC(=O)NC1CC1. The zero-order chi connectivity index (χ0) is 8.27. The van der Waals surface area contributed by atoms with E-state index in [1.54, 1.807) is 6.92 Å². The molecule has 64 valence electrons. The number of urea groups is 1. The fraction of sp³-hybridized carbons (Fsp3) is 0.857. The van der Waals surface area contributed by atoms with Gasteiger partial charge in [0.05, 0.1) is 6.04 Å². The van der Waals surface area contributed by atoms with Crippen LogP contribution >= 0.6 is 0 Å². The predicted octanol–water partition coefficient (Wildman–Crippen LogP) is 0.806. The van der Waals surface area contributed by atoms with Gasteiger partial charge in [0.1, 0.15) is 6.67 Å². The number of nitrogens with one attached hydrogen (secondary N) is 2. The van der Waals surface area contributed by atoms with Gasteiger partial charge in [0.25, 0.3) is 0 Å². The molecule has 0 unspecified atom stereocenters. The van der Waals surface area contributed by atoms with E-state index in [0.717, 1.165) is 12.8 Å². The number of alkyl halides is 1. The highest BCUT2D eigenvalue weighted by molar-refractivity contribution is 5.74. The minimum Gasteiger partial charge on any atom is -0.335 e. The van der Waals surface area contributed by atoms with Crippen molar-refractivity contribution in [2.45, 2.75) is 31.8 Å². The largest absolute Gasteiger partial charge is 0.335 e. The number of halogens is 1. The molecule has 3 nitrogen and oxygen atoms in total. The Kier molecular flexibility index (Phi) is 2.68. The maximum atomic E-state index is 11.9. The second-order valence-electron chi connectivity index (χ2n) is 2.95. The quantitative estimate of drug-likeness (QED) is 0.630. The summed E-state index contributed by atoms with van der Waals surface area (Å²) in [5, 5.41) is 5.18. The fourth-order valence-corrected chi connectivity index (χ4v) is 0.717. The molecule has 1 fully saturated rings. The maximum absolute atomic E-state index is 11.9. The Hall–Kier alpha value is -0.800. The molecule has 0 aromatic rings. The molecule has 1 aliphatic rings. The molecule has 1 rings (SSSR count). The van der Waals surface area contributed by atoms with E-state index in [9.17, 15) is 9.18 Å². The molecular formula is C7H13FN2O. The van der Waals surface area contributed by atoms with Crippen LogP contribution in [-0.4, -0.2) is 24.8 Å². The first-order chi connectivity index (χ1) is 5.22. The lowest BCUT2D eigenvalue weighted by Gasteiger charge is -2.09. The Labute approximate surface area is 65.3 Å². The summed E-state index contributed by atoms with van der Waals surface area (Å²) in [5.74, 6) is 0. The zero-order valence-corrected chi connectivity index (χ0v) is 6.56. The van der Waals surface area contributed by atoms with E-state index >= 15 is 0 Å². The van der Waals surface area contributed by atoms with Gasteiger partial charge in [-0.05, 0) is 19.8 Å². The summed E-state index contributed by atoms with van der Waals surface area (Å²) in [7, 11) is 0. The van der Waals surface area contributed by atoms with Crippen LogP contribution < -0.4 is 10.6 Å². The Morgan fingerprint density at radius 2 is 2.36 bits per heavy atom. The van der Waals surface area contributed by atoms with Crippen molar-refractivity contribution in [3.05, 3.63) is 0 Å². The third-order valence-electron chi connectivity index (χ3n) is 1.52. The number of carbonyl (C=O) groups excluding carboxylic acids is 1. The second-order valence-corrected chi connectivity index (χ2v) is 2.95. The maximum Gasteiger partial charge on any atom is 0.315 e. The van der Waals surface area contributed by atoms with Gasteiger partial charge in [0, 0.05) is 6.04 Å². The van der Waals surface area contributed by atoms with Gasteiger partial charge in [0.2, 0.25) is 0 Å². The number of rotatable bonds is 3. The van der Waals surface area contributed by atoms with Crippen molar-refractivity contribution in [3.63, 3.8) is 0 Å². The van der Waals surface area contributed by atoms with Crippen LogP contribution in [0.1, 0.15) is 19.8 Å². The van der Waals surface area contributed by atoms with E-state index in [-0.39, 0.29) is 12.1 Å². The van der Waals surface area contributed by atoms with Crippen molar-refractivity contribution in [1.82, 2.24) is 10.6 Å². The van der Waals surface area contributed by atoms with Crippen LogP contribution in [0, 0.1) is 0 Å². The fourth-order valence-electron chi connectivity index (χ4n) is 0.717. The van der Waals surface area contributed by atoms with Gasteiger partial charge in [-0.1, -0.05) is 0 Å². The standard InChI is InChI=1S/C7H13FN2O/c1-5(4-8)9-7(11)10-6-2-3-6/h5-6H,2-4H2,1H3,(H2,9,10,11)/t5-/m0/s1. The summed E-state index contributed by atoms with van der Waals surface area (Å²) >= 11 is 0. The van der Waals surface area contributed by atoms with E-state index in [1.807, 2.05) is 0 Å². The Bertz CT molecular complexity index is 147. The van der Waals surface area contributed by atoms with Crippen molar-refractivity contribution in [3.8, 4) is 0 Å². The summed E-state index contributed by atoms with van der Waals surface area (Å²) in [6.07, 6.45) is 2.11. The molecule has 0 spiro atoms. The first-order valence-electron chi connectivity index (χ1n) is 3.85. The lowest BCUT2D eigenvalue weighted by atomic mass is 10.4. The minimum atomic E-state index is -0.516. The molecule has 0 saturated heterocycles. The Morgan fingerprint density at radius 1 is 1.73 bits per heavy atom. The van der Waals surface area contributed by atoms with Crippen molar-refractivity contribution < 1.29 is 9.18 Å². The van der Waals surface area contributed by atoms with Crippen LogP contribution in [0.2, 0.25) is 0 Å².